The van der Waals surface area contributed by atoms with Crippen molar-refractivity contribution < 1.29 is 34.8 Å². The Balaban J connectivity index is 1.76. The van der Waals surface area contributed by atoms with Crippen molar-refractivity contribution in [2.24, 2.45) is 17.6 Å². The minimum atomic E-state index is -2.59. The number of fused-ring (bicyclic) bond motifs is 3. The summed E-state index contributed by atoms with van der Waals surface area (Å²) in [6.45, 7) is 5.78. The summed E-state index contributed by atoms with van der Waals surface area (Å²) in [5, 5.41) is 45.4. The normalized spacial score (nSPS) is 24.4. The number of aliphatic hydroxyl groups excluding tert-OH is 2. The molecule has 3 aliphatic carbocycles. The monoisotopic (exact) mass is 546 g/mol. The predicted octanol–water partition coefficient (Wildman–Crippen LogP) is 3.45. The fourth-order valence-corrected chi connectivity index (χ4v) is 6.46. The lowest BCUT2D eigenvalue weighted by molar-refractivity contribution is -0.147. The fourth-order valence-electron chi connectivity index (χ4n) is 6.46. The number of aromatic hydroxyl groups is 1. The third-order valence-corrected chi connectivity index (χ3v) is 8.57. The van der Waals surface area contributed by atoms with Gasteiger partial charge in [-0.3, -0.25) is 14.4 Å². The number of Topliss-reactive ketones (excluding diaryl/α,β-unsaturated/α-hetero) is 2. The number of rotatable bonds is 3. The number of nitrogens with zero attached hydrogens (tertiary/aromatic N) is 1. The van der Waals surface area contributed by atoms with Gasteiger partial charge in [-0.15, -0.1) is 0 Å². The first kappa shape index (κ1) is 27.5. The quantitative estimate of drug-likeness (QED) is 0.366. The van der Waals surface area contributed by atoms with Gasteiger partial charge in [0, 0.05) is 43.3 Å². The zero-order valence-corrected chi connectivity index (χ0v) is 23.2. The van der Waals surface area contributed by atoms with Gasteiger partial charge in [0.1, 0.15) is 22.8 Å². The maximum atomic E-state index is 13.9. The third-order valence-electron chi connectivity index (χ3n) is 8.57. The molecule has 0 aliphatic heterocycles. The topological polar surface area (TPSA) is 161 Å². The molecule has 40 heavy (non-hydrogen) atoms. The SMILES string of the molecule is CN(C)c1ccc(-c2cc(C(C)(C)C)c(O)c3c2CC2CC4CC(=O)C(C(N)=O)=C(O)C4(O)C(=O)C2=C3O)cc1. The highest BCUT2D eigenvalue weighted by molar-refractivity contribution is 6.22. The van der Waals surface area contributed by atoms with Gasteiger partial charge in [0.05, 0.1) is 5.56 Å². The van der Waals surface area contributed by atoms with Gasteiger partial charge in [-0.25, -0.2) is 0 Å². The summed E-state index contributed by atoms with van der Waals surface area (Å²) in [4.78, 5) is 40.3. The lowest BCUT2D eigenvalue weighted by Gasteiger charge is -2.46. The summed E-state index contributed by atoms with van der Waals surface area (Å²) in [5.41, 5.74) is 5.18. The molecule has 210 valence electrons. The van der Waals surface area contributed by atoms with E-state index in [4.69, 9.17) is 5.73 Å². The van der Waals surface area contributed by atoms with E-state index in [-0.39, 0.29) is 36.1 Å². The number of ketones is 2. The van der Waals surface area contributed by atoms with E-state index in [0.29, 0.717) is 11.1 Å². The molecule has 1 fully saturated rings. The van der Waals surface area contributed by atoms with E-state index < -0.39 is 57.4 Å². The van der Waals surface area contributed by atoms with Crippen LogP contribution < -0.4 is 10.6 Å². The highest BCUT2D eigenvalue weighted by atomic mass is 16.3. The van der Waals surface area contributed by atoms with Crippen molar-refractivity contribution in [1.29, 1.82) is 0 Å². The number of hydrogen-bond acceptors (Lipinski definition) is 8. The van der Waals surface area contributed by atoms with E-state index in [1.54, 1.807) is 0 Å². The third kappa shape index (κ3) is 3.83. The Labute approximate surface area is 232 Å². The van der Waals surface area contributed by atoms with Gasteiger partial charge in [-0.05, 0) is 59.1 Å². The van der Waals surface area contributed by atoms with Crippen LogP contribution in [0.3, 0.4) is 0 Å². The average Bonchev–Trinajstić information content (AvgIpc) is 2.85. The minimum absolute atomic E-state index is 0.0870. The first-order valence-corrected chi connectivity index (χ1v) is 13.2. The molecule has 9 heteroatoms. The standard InChI is InChI=1S/C31H34N2O7/c1-30(2,3)20-13-18(14-6-8-17(9-7-14)33(4)5)19-11-15-10-16-12-21(34)24(29(32)39)28(38)31(16,40)27(37)22(15)26(36)23(19)25(20)35/h6-9,13,15-16,35-36,38,40H,10-12H2,1-5H3,(H2,32,39). The van der Waals surface area contributed by atoms with Gasteiger partial charge in [0.15, 0.2) is 11.4 Å². The molecule has 0 saturated heterocycles. The number of hydrogen-bond donors (Lipinski definition) is 5. The van der Waals surface area contributed by atoms with Crippen LogP contribution in [0.25, 0.3) is 16.9 Å². The summed E-state index contributed by atoms with van der Waals surface area (Å²) in [7, 11) is 3.88. The second-order valence-corrected chi connectivity index (χ2v) is 12.3. The molecular weight excluding hydrogens is 512 g/mol. The summed E-state index contributed by atoms with van der Waals surface area (Å²) in [6, 6.07) is 9.78. The van der Waals surface area contributed by atoms with Gasteiger partial charge in [0.2, 0.25) is 5.78 Å². The maximum Gasteiger partial charge on any atom is 0.255 e. The zero-order valence-electron chi connectivity index (χ0n) is 23.2. The van der Waals surface area contributed by atoms with Gasteiger partial charge >= 0.3 is 0 Å². The second kappa shape index (κ2) is 8.96. The highest BCUT2D eigenvalue weighted by Crippen LogP contribution is 2.54. The van der Waals surface area contributed by atoms with Crippen LogP contribution in [0.2, 0.25) is 0 Å². The zero-order chi connectivity index (χ0) is 29.5. The number of anilines is 1. The van der Waals surface area contributed by atoms with Crippen molar-refractivity contribution in [2.45, 2.75) is 51.0 Å². The molecule has 0 aromatic heterocycles. The van der Waals surface area contributed by atoms with Gasteiger partial charge in [-0.2, -0.15) is 0 Å². The van der Waals surface area contributed by atoms with Crippen LogP contribution in [0.5, 0.6) is 5.75 Å². The van der Waals surface area contributed by atoms with Crippen LogP contribution in [0.1, 0.15) is 50.3 Å². The molecule has 2 aromatic carbocycles. The highest BCUT2D eigenvalue weighted by Gasteiger charge is 2.60. The number of amides is 1. The molecule has 0 spiro atoms. The van der Waals surface area contributed by atoms with E-state index in [9.17, 15) is 34.8 Å². The molecule has 5 rings (SSSR count). The minimum Gasteiger partial charge on any atom is -0.508 e. The van der Waals surface area contributed by atoms with Crippen molar-refractivity contribution in [1.82, 2.24) is 0 Å². The molecule has 3 atom stereocenters. The number of aliphatic hydroxyl groups is 3. The number of carbonyl (C=O) groups excluding carboxylic acids is 3. The van der Waals surface area contributed by atoms with Gasteiger partial charge in [-0.1, -0.05) is 32.9 Å². The van der Waals surface area contributed by atoms with Crippen LogP contribution >= 0.6 is 0 Å². The molecule has 1 saturated carbocycles. The van der Waals surface area contributed by atoms with E-state index in [1.807, 2.05) is 70.1 Å². The Morgan fingerprint density at radius 1 is 1.05 bits per heavy atom. The summed E-state index contributed by atoms with van der Waals surface area (Å²) < 4.78 is 0. The van der Waals surface area contributed by atoms with E-state index >= 15 is 0 Å². The molecular formula is C31H34N2O7. The Kier molecular flexibility index (Phi) is 6.15. The van der Waals surface area contributed by atoms with Crippen molar-refractivity contribution in [3.8, 4) is 16.9 Å². The van der Waals surface area contributed by atoms with Crippen LogP contribution in [0.4, 0.5) is 5.69 Å². The fraction of sp³-hybridized carbons (Fsp3) is 0.387. The predicted molar refractivity (Wildman–Crippen MR) is 150 cm³/mol. The van der Waals surface area contributed by atoms with Crippen molar-refractivity contribution in [3.63, 3.8) is 0 Å². The van der Waals surface area contributed by atoms with Gasteiger partial charge in [0.25, 0.3) is 5.91 Å². The Hall–Kier alpha value is -4.11. The second-order valence-electron chi connectivity index (χ2n) is 12.3. The van der Waals surface area contributed by atoms with Crippen LogP contribution in [-0.4, -0.2) is 57.6 Å². The number of nitrogens with two attached hydrogens (primary N) is 1. The largest absolute Gasteiger partial charge is 0.508 e. The molecule has 2 aromatic rings. The number of phenolic OH excluding ortho intramolecular Hbond substituents is 1. The Bertz CT molecular complexity index is 1540. The molecule has 0 bridgehead atoms. The van der Waals surface area contributed by atoms with Crippen LogP contribution in [-0.2, 0) is 26.2 Å². The number of phenols is 1. The first-order valence-electron chi connectivity index (χ1n) is 13.2. The number of primary amides is 1. The molecule has 9 nitrogen and oxygen atoms in total. The van der Waals surface area contributed by atoms with Crippen molar-refractivity contribution in [3.05, 3.63) is 63.9 Å². The molecule has 0 heterocycles. The summed E-state index contributed by atoms with van der Waals surface area (Å²) in [5.74, 6) is -6.32. The Morgan fingerprint density at radius 3 is 2.23 bits per heavy atom. The smallest absolute Gasteiger partial charge is 0.255 e. The van der Waals surface area contributed by atoms with E-state index in [2.05, 4.69) is 0 Å². The van der Waals surface area contributed by atoms with Crippen LogP contribution in [0, 0.1) is 11.8 Å². The van der Waals surface area contributed by atoms with Crippen molar-refractivity contribution in [2.75, 3.05) is 19.0 Å². The van der Waals surface area contributed by atoms with Crippen molar-refractivity contribution >= 4 is 28.9 Å². The molecule has 1 amide bonds. The lowest BCUT2D eigenvalue weighted by atomic mass is 9.59. The van der Waals surface area contributed by atoms with E-state index in [1.165, 1.54) is 0 Å². The maximum absolute atomic E-state index is 13.9. The average molecular weight is 547 g/mol. The lowest BCUT2D eigenvalue weighted by Crippen LogP contribution is -2.58. The molecule has 3 aliphatic rings. The Morgan fingerprint density at radius 2 is 1.68 bits per heavy atom. The molecule has 0 radical (unpaired) electrons. The number of benzene rings is 2. The number of carbonyl (C=O) groups is 3. The summed E-state index contributed by atoms with van der Waals surface area (Å²) in [6.07, 6.45) is -0.0180. The van der Waals surface area contributed by atoms with Gasteiger partial charge < -0.3 is 31.1 Å². The first-order chi connectivity index (χ1) is 18.6. The van der Waals surface area contributed by atoms with Crippen LogP contribution in [0.15, 0.2) is 47.2 Å². The molecule has 3 unspecified atom stereocenters. The summed E-state index contributed by atoms with van der Waals surface area (Å²) >= 11 is 0. The van der Waals surface area contributed by atoms with E-state index in [0.717, 1.165) is 16.8 Å². The molecule has 6 N–H and O–H groups in total.